The first-order valence-electron chi connectivity index (χ1n) is 8.81. The van der Waals surface area contributed by atoms with Crippen molar-refractivity contribution < 1.29 is 9.53 Å². The third-order valence-electron chi connectivity index (χ3n) is 4.57. The molecule has 0 unspecified atom stereocenters. The number of hydrogen-bond acceptors (Lipinski definition) is 5. The van der Waals surface area contributed by atoms with Crippen LogP contribution in [-0.2, 0) is 0 Å². The summed E-state index contributed by atoms with van der Waals surface area (Å²) in [6.45, 7) is 0. The van der Waals surface area contributed by atoms with Crippen LogP contribution in [0.1, 0.15) is 23.2 Å². The lowest BCUT2D eigenvalue weighted by atomic mass is 10.0. The van der Waals surface area contributed by atoms with Crippen LogP contribution < -0.4 is 15.8 Å². The number of anilines is 1. The Labute approximate surface area is 157 Å². The summed E-state index contributed by atoms with van der Waals surface area (Å²) in [5.41, 5.74) is 10.3. The maximum Gasteiger partial charge on any atom is 0.251 e. The van der Waals surface area contributed by atoms with Gasteiger partial charge in [0, 0.05) is 46.8 Å². The Morgan fingerprint density at radius 1 is 1.04 bits per heavy atom. The van der Waals surface area contributed by atoms with Crippen molar-refractivity contribution in [3.63, 3.8) is 0 Å². The molecule has 0 bridgehead atoms. The second kappa shape index (κ2) is 7.07. The van der Waals surface area contributed by atoms with Gasteiger partial charge in [0.1, 0.15) is 5.82 Å². The largest absolute Gasteiger partial charge is 0.481 e. The molecule has 1 fully saturated rings. The number of hydrogen-bond donors (Lipinski definition) is 2. The van der Waals surface area contributed by atoms with Gasteiger partial charge in [0.25, 0.3) is 5.91 Å². The minimum absolute atomic E-state index is 0.0236. The molecule has 0 saturated heterocycles. The van der Waals surface area contributed by atoms with E-state index in [-0.39, 0.29) is 5.91 Å². The summed E-state index contributed by atoms with van der Waals surface area (Å²) >= 11 is 0. The molecule has 6 heteroatoms. The van der Waals surface area contributed by atoms with E-state index in [0.717, 1.165) is 35.1 Å². The normalized spacial score (nSPS) is 13.2. The number of ether oxygens (including phenoxy) is 1. The fourth-order valence-electron chi connectivity index (χ4n) is 2.84. The molecular weight excluding hydrogens is 340 g/mol. The van der Waals surface area contributed by atoms with Crippen LogP contribution in [0.5, 0.6) is 5.88 Å². The molecule has 4 rings (SSSR count). The SMILES string of the molecule is COc1ccc(-c2cc(-c3ccc(C(=O)NC4CC4)cc3)cnc2N)cn1. The van der Waals surface area contributed by atoms with Crippen molar-refractivity contribution in [1.29, 1.82) is 0 Å². The molecule has 3 N–H and O–H groups in total. The maximum absolute atomic E-state index is 12.1. The molecule has 0 atom stereocenters. The molecule has 3 aromatic rings. The molecule has 0 radical (unpaired) electrons. The van der Waals surface area contributed by atoms with Crippen molar-refractivity contribution in [2.45, 2.75) is 18.9 Å². The Morgan fingerprint density at radius 3 is 2.37 bits per heavy atom. The predicted molar refractivity (Wildman–Crippen MR) is 104 cm³/mol. The van der Waals surface area contributed by atoms with Gasteiger partial charge in [0.2, 0.25) is 5.88 Å². The Morgan fingerprint density at radius 2 is 1.74 bits per heavy atom. The molecule has 2 aromatic heterocycles. The van der Waals surface area contributed by atoms with Crippen molar-refractivity contribution in [1.82, 2.24) is 15.3 Å². The van der Waals surface area contributed by atoms with E-state index in [4.69, 9.17) is 10.5 Å². The molecule has 1 saturated carbocycles. The lowest BCUT2D eigenvalue weighted by Crippen LogP contribution is -2.25. The van der Waals surface area contributed by atoms with E-state index >= 15 is 0 Å². The van der Waals surface area contributed by atoms with Crippen molar-refractivity contribution in [2.75, 3.05) is 12.8 Å². The highest BCUT2D eigenvalue weighted by Gasteiger charge is 2.23. The quantitative estimate of drug-likeness (QED) is 0.729. The van der Waals surface area contributed by atoms with Crippen molar-refractivity contribution >= 4 is 11.7 Å². The molecule has 6 nitrogen and oxygen atoms in total. The number of nitrogens with zero attached hydrogens (tertiary/aromatic N) is 2. The monoisotopic (exact) mass is 360 g/mol. The number of rotatable bonds is 5. The molecule has 0 aliphatic heterocycles. The average Bonchev–Trinajstić information content (AvgIpc) is 3.52. The van der Waals surface area contributed by atoms with Crippen LogP contribution in [0, 0.1) is 0 Å². The summed E-state index contributed by atoms with van der Waals surface area (Å²) in [6, 6.07) is 13.5. The summed E-state index contributed by atoms with van der Waals surface area (Å²) in [4.78, 5) is 20.7. The van der Waals surface area contributed by atoms with Crippen LogP contribution in [0.3, 0.4) is 0 Å². The zero-order chi connectivity index (χ0) is 18.8. The number of amides is 1. The van der Waals surface area contributed by atoms with Gasteiger partial charge in [-0.25, -0.2) is 9.97 Å². The van der Waals surface area contributed by atoms with Gasteiger partial charge < -0.3 is 15.8 Å². The Bertz CT molecular complexity index is 964. The van der Waals surface area contributed by atoms with Gasteiger partial charge in [-0.05, 0) is 42.7 Å². The van der Waals surface area contributed by atoms with Crippen LogP contribution in [-0.4, -0.2) is 29.0 Å². The average molecular weight is 360 g/mol. The molecule has 136 valence electrons. The van der Waals surface area contributed by atoms with E-state index < -0.39 is 0 Å². The summed E-state index contributed by atoms with van der Waals surface area (Å²) in [6.07, 6.45) is 5.59. The van der Waals surface area contributed by atoms with E-state index in [1.807, 2.05) is 36.4 Å². The van der Waals surface area contributed by atoms with E-state index in [0.29, 0.717) is 23.3 Å². The lowest BCUT2D eigenvalue weighted by Gasteiger charge is -2.09. The van der Waals surface area contributed by atoms with E-state index in [1.165, 1.54) is 0 Å². The zero-order valence-corrected chi connectivity index (χ0v) is 15.0. The highest BCUT2D eigenvalue weighted by Crippen LogP contribution is 2.30. The van der Waals surface area contributed by atoms with Crippen LogP contribution in [0.4, 0.5) is 5.82 Å². The Hall–Kier alpha value is -3.41. The van der Waals surface area contributed by atoms with Gasteiger partial charge in [0.15, 0.2) is 0 Å². The molecule has 1 aromatic carbocycles. The molecule has 27 heavy (non-hydrogen) atoms. The Kier molecular flexibility index (Phi) is 4.46. The minimum Gasteiger partial charge on any atom is -0.481 e. The van der Waals surface area contributed by atoms with E-state index in [9.17, 15) is 4.79 Å². The van der Waals surface area contributed by atoms with Gasteiger partial charge in [-0.1, -0.05) is 12.1 Å². The van der Waals surface area contributed by atoms with E-state index in [2.05, 4.69) is 15.3 Å². The van der Waals surface area contributed by atoms with Crippen molar-refractivity contribution in [3.05, 3.63) is 60.4 Å². The number of benzene rings is 1. The standard InChI is InChI=1S/C21H20N4O2/c1-27-19-9-6-15(11-23-19)18-10-16(12-24-20(18)22)13-2-4-14(5-3-13)21(26)25-17-7-8-17/h2-6,9-12,17H,7-8H2,1H3,(H2,22,24)(H,25,26). The molecule has 1 amide bonds. The van der Waals surface area contributed by atoms with Gasteiger partial charge >= 0.3 is 0 Å². The van der Waals surface area contributed by atoms with Crippen LogP contribution in [0.2, 0.25) is 0 Å². The van der Waals surface area contributed by atoms with E-state index in [1.54, 1.807) is 25.6 Å². The third kappa shape index (κ3) is 3.74. The number of nitrogens with two attached hydrogens (primary N) is 1. The first-order valence-corrected chi connectivity index (χ1v) is 8.81. The second-order valence-corrected chi connectivity index (χ2v) is 6.57. The van der Waals surface area contributed by atoms with Gasteiger partial charge in [0.05, 0.1) is 7.11 Å². The van der Waals surface area contributed by atoms with Gasteiger partial charge in [-0.15, -0.1) is 0 Å². The maximum atomic E-state index is 12.1. The first-order chi connectivity index (χ1) is 13.1. The minimum atomic E-state index is -0.0236. The summed E-state index contributed by atoms with van der Waals surface area (Å²) in [5.74, 6) is 0.956. The number of carbonyl (C=O) groups excluding carboxylic acids is 1. The number of methoxy groups -OCH3 is 1. The number of nitrogens with one attached hydrogen (secondary N) is 1. The van der Waals surface area contributed by atoms with Crippen LogP contribution in [0.25, 0.3) is 22.3 Å². The molecular formula is C21H20N4O2. The zero-order valence-electron chi connectivity index (χ0n) is 15.0. The smallest absolute Gasteiger partial charge is 0.251 e. The van der Waals surface area contributed by atoms with Gasteiger partial charge in [-0.2, -0.15) is 0 Å². The van der Waals surface area contributed by atoms with Crippen molar-refractivity contribution in [3.8, 4) is 28.1 Å². The number of nitrogen functional groups attached to an aromatic ring is 1. The highest BCUT2D eigenvalue weighted by atomic mass is 16.5. The highest BCUT2D eigenvalue weighted by molar-refractivity contribution is 5.95. The predicted octanol–water partition coefficient (Wildman–Crippen LogP) is 3.29. The topological polar surface area (TPSA) is 90.1 Å². The number of pyridine rings is 2. The fourth-order valence-corrected chi connectivity index (χ4v) is 2.84. The van der Waals surface area contributed by atoms with Crippen molar-refractivity contribution in [2.24, 2.45) is 0 Å². The van der Waals surface area contributed by atoms with Crippen LogP contribution in [0.15, 0.2) is 54.9 Å². The molecule has 0 spiro atoms. The fraction of sp³-hybridized carbons (Fsp3) is 0.190. The molecule has 1 aliphatic rings. The number of aromatic nitrogens is 2. The number of carbonyl (C=O) groups is 1. The second-order valence-electron chi connectivity index (χ2n) is 6.57. The lowest BCUT2D eigenvalue weighted by molar-refractivity contribution is 0.0951. The summed E-state index contributed by atoms with van der Waals surface area (Å²) < 4.78 is 5.10. The summed E-state index contributed by atoms with van der Waals surface area (Å²) in [5, 5.41) is 2.99. The Balaban J connectivity index is 1.60. The van der Waals surface area contributed by atoms with Gasteiger partial charge in [-0.3, -0.25) is 4.79 Å². The third-order valence-corrected chi connectivity index (χ3v) is 4.57. The molecule has 2 heterocycles. The van der Waals surface area contributed by atoms with Crippen LogP contribution >= 0.6 is 0 Å². The first kappa shape index (κ1) is 17.0. The summed E-state index contributed by atoms with van der Waals surface area (Å²) in [7, 11) is 1.58. The molecule has 1 aliphatic carbocycles.